The molecule has 2 aromatic carbocycles. The number of allylic oxidation sites excluding steroid dienone is 4. The Bertz CT molecular complexity index is 1360. The van der Waals surface area contributed by atoms with Crippen LogP contribution < -0.4 is 10.4 Å². The molecule has 1 aliphatic carbocycles. The first kappa shape index (κ1) is 21.6. The van der Waals surface area contributed by atoms with Gasteiger partial charge in [-0.3, -0.25) is 0 Å². The number of nitrogens with zero attached hydrogens (tertiary/aromatic N) is 1. The van der Waals surface area contributed by atoms with Crippen LogP contribution in [0.2, 0.25) is 6.55 Å². The summed E-state index contributed by atoms with van der Waals surface area (Å²) in [5.74, 6) is 0.216. The molecule has 0 saturated heterocycles. The van der Waals surface area contributed by atoms with Crippen LogP contribution in [0.1, 0.15) is 0 Å². The number of ketones is 1. The number of phenols is 1. The molecule has 1 aromatic heterocycles. The molecule has 154 valence electrons. The van der Waals surface area contributed by atoms with Gasteiger partial charge in [-0.25, -0.2) is 0 Å². The van der Waals surface area contributed by atoms with Crippen LogP contribution in [-0.4, -0.2) is 39.2 Å². The molecule has 0 saturated carbocycles. The van der Waals surface area contributed by atoms with Crippen LogP contribution in [0.15, 0.2) is 83.2 Å². The van der Waals surface area contributed by atoms with Crippen molar-refractivity contribution in [3.8, 4) is 15.8 Å². The van der Waals surface area contributed by atoms with Crippen molar-refractivity contribution in [2.24, 2.45) is 4.99 Å². The molecule has 3 nitrogen and oxygen atoms in total. The molecule has 1 aliphatic heterocycles. The van der Waals surface area contributed by atoms with E-state index in [9.17, 15) is 9.90 Å². The second-order valence-corrected chi connectivity index (χ2v) is 17.0. The Morgan fingerprint density at radius 1 is 1.00 bits per heavy atom. The van der Waals surface area contributed by atoms with E-state index < -0.39 is 8.07 Å². The van der Waals surface area contributed by atoms with Crippen molar-refractivity contribution in [2.45, 2.75) is 6.55 Å². The number of benzene rings is 2. The van der Waals surface area contributed by atoms with Gasteiger partial charge >= 0.3 is 213 Å². The Kier molecular flexibility index (Phi) is 5.52. The second-order valence-electron chi connectivity index (χ2n) is 7.47. The van der Waals surface area contributed by atoms with E-state index in [0.29, 0.717) is 0 Å². The molecule has 0 radical (unpaired) electrons. The van der Waals surface area contributed by atoms with Gasteiger partial charge in [0.25, 0.3) is 0 Å². The normalized spacial score (nSPS) is 19.5. The Hall–Kier alpha value is -1.28. The van der Waals surface area contributed by atoms with E-state index in [-0.39, 0.29) is 26.0 Å². The van der Waals surface area contributed by atoms with Crippen LogP contribution >= 0.6 is 47.8 Å². The van der Waals surface area contributed by atoms with Gasteiger partial charge in [-0.05, 0) is 0 Å². The van der Waals surface area contributed by atoms with Gasteiger partial charge in [0.1, 0.15) is 0 Å². The molecule has 0 bridgehead atoms. The first-order chi connectivity index (χ1) is 14.8. The maximum absolute atomic E-state index is 12.4. The van der Waals surface area contributed by atoms with Crippen LogP contribution in [0.3, 0.4) is 0 Å². The Morgan fingerprint density at radius 2 is 1.74 bits per heavy atom. The van der Waals surface area contributed by atoms with Gasteiger partial charge in [0.05, 0.1) is 0 Å². The first-order valence-corrected chi connectivity index (χ1v) is 16.0. The molecule has 1 atom stereocenters. The van der Waals surface area contributed by atoms with E-state index in [0.717, 1.165) is 44.1 Å². The predicted molar refractivity (Wildman–Crippen MR) is 140 cm³/mol. The first-order valence-electron chi connectivity index (χ1n) is 9.41. The standard InChI is InChI=1S/C23H14Br3NO2SeSi/c1-31(13-5-3-2-4-6-13)17-11-12(28)7-8-14(17)27-15-9-10-16(29)18(22(15)31)21-19(24)20(25)23(26)30-21/h2-11,29H,1H3. The average Bonchev–Trinajstić information content (AvgIpc) is 3.02. The summed E-state index contributed by atoms with van der Waals surface area (Å²) in [6, 6.07) is 13.9. The summed E-state index contributed by atoms with van der Waals surface area (Å²) in [7, 11) is -2.65. The molecule has 2 aliphatic rings. The van der Waals surface area contributed by atoms with Gasteiger partial charge in [-0.2, -0.15) is 0 Å². The van der Waals surface area contributed by atoms with Crippen LogP contribution in [0.25, 0.3) is 10.0 Å². The molecule has 2 heterocycles. The van der Waals surface area contributed by atoms with Gasteiger partial charge < -0.3 is 0 Å². The summed E-state index contributed by atoms with van der Waals surface area (Å²) in [4.78, 5) is 17.3. The second kappa shape index (κ2) is 7.94. The Balaban J connectivity index is 1.94. The summed E-state index contributed by atoms with van der Waals surface area (Å²) < 4.78 is 4.05. The average molecular weight is 683 g/mol. The molecule has 0 amide bonds. The van der Waals surface area contributed by atoms with E-state index in [4.69, 9.17) is 4.99 Å². The van der Waals surface area contributed by atoms with Gasteiger partial charge in [0, 0.05) is 0 Å². The number of carbonyl (C=O) groups is 1. The molecule has 31 heavy (non-hydrogen) atoms. The van der Waals surface area contributed by atoms with Crippen molar-refractivity contribution in [3.05, 3.63) is 78.2 Å². The number of carbonyl (C=O) groups excluding carboxylic acids is 1. The molecule has 5 rings (SSSR count). The van der Waals surface area contributed by atoms with Crippen molar-refractivity contribution in [2.75, 3.05) is 0 Å². The van der Waals surface area contributed by atoms with Gasteiger partial charge in [-0.1, -0.05) is 0 Å². The van der Waals surface area contributed by atoms with Crippen molar-refractivity contribution >= 4 is 97.9 Å². The van der Waals surface area contributed by atoms with E-state index in [1.807, 2.05) is 30.3 Å². The third-order valence-electron chi connectivity index (χ3n) is 5.74. The van der Waals surface area contributed by atoms with E-state index in [2.05, 4.69) is 66.5 Å². The number of aromatic hydroxyl groups is 1. The fourth-order valence-corrected chi connectivity index (χ4v) is 13.9. The third-order valence-corrected chi connectivity index (χ3v) is 17.4. The quantitative estimate of drug-likeness (QED) is 0.295. The van der Waals surface area contributed by atoms with E-state index >= 15 is 0 Å². The van der Waals surface area contributed by atoms with Gasteiger partial charge in [-0.15, -0.1) is 0 Å². The maximum atomic E-state index is 12.4. The summed E-state index contributed by atoms with van der Waals surface area (Å²) in [6.45, 7) is 2.25. The zero-order valence-corrected chi connectivity index (χ0v) is 23.6. The number of rotatable bonds is 2. The summed E-state index contributed by atoms with van der Waals surface area (Å²) >= 11 is 11.0. The molecule has 1 unspecified atom stereocenters. The molecular formula is C23H14Br3NO2SeSi. The number of phenolic OH excluding ortho intramolecular Hbond substituents is 1. The van der Waals surface area contributed by atoms with Gasteiger partial charge in [0.15, 0.2) is 0 Å². The number of fused-ring (bicyclic) bond motifs is 2. The molecule has 0 spiro atoms. The Morgan fingerprint density at radius 3 is 2.42 bits per heavy atom. The topological polar surface area (TPSA) is 49.7 Å². The molecule has 1 N–H and O–H groups in total. The van der Waals surface area contributed by atoms with Crippen molar-refractivity contribution in [1.82, 2.24) is 0 Å². The molecule has 0 fully saturated rings. The fourth-order valence-electron chi connectivity index (χ4n) is 4.28. The molecule has 3 aromatic rings. The number of hydrogen-bond acceptors (Lipinski definition) is 3. The van der Waals surface area contributed by atoms with Crippen molar-refractivity contribution < 1.29 is 9.90 Å². The Labute approximate surface area is 211 Å². The SMILES string of the molecule is C[Si]1(c2ccccc2)C2=CC(=O)C=CC2=Nc2ccc(O)c(-c3[se]c(Br)c(Br)c3Br)c21. The summed E-state index contributed by atoms with van der Waals surface area (Å²) in [5, 5.41) is 14.3. The van der Waals surface area contributed by atoms with Crippen LogP contribution in [0.5, 0.6) is 5.75 Å². The van der Waals surface area contributed by atoms with Gasteiger partial charge in [0.2, 0.25) is 0 Å². The summed E-state index contributed by atoms with van der Waals surface area (Å²) in [5.41, 5.74) is 2.53. The predicted octanol–water partition coefficient (Wildman–Crippen LogP) is 5.29. The van der Waals surface area contributed by atoms with Crippen LogP contribution in [0.4, 0.5) is 5.69 Å². The zero-order chi connectivity index (χ0) is 21.9. The number of hydrogen-bond donors (Lipinski definition) is 1. The molecular weight excluding hydrogens is 669 g/mol. The monoisotopic (exact) mass is 681 g/mol. The molecule has 8 heteroatoms. The minimum atomic E-state index is -2.65. The van der Waals surface area contributed by atoms with Crippen molar-refractivity contribution in [3.63, 3.8) is 0 Å². The van der Waals surface area contributed by atoms with Crippen LogP contribution in [0, 0.1) is 0 Å². The fraction of sp³-hybridized carbons (Fsp3) is 0.0435. The van der Waals surface area contributed by atoms with Crippen LogP contribution in [-0.2, 0) is 4.79 Å². The minimum absolute atomic E-state index is 0.0169. The van der Waals surface area contributed by atoms with Crippen molar-refractivity contribution in [1.29, 1.82) is 0 Å². The summed E-state index contributed by atoms with van der Waals surface area (Å²) in [6.07, 6.45) is 5.14. The van der Waals surface area contributed by atoms with E-state index in [1.54, 1.807) is 18.2 Å². The van der Waals surface area contributed by atoms with E-state index in [1.165, 1.54) is 5.19 Å². The zero-order valence-electron chi connectivity index (χ0n) is 16.1. The number of aliphatic imine (C=N–C) groups is 1. The number of halogens is 3. The third kappa shape index (κ3) is 3.31.